The van der Waals surface area contributed by atoms with E-state index in [4.69, 9.17) is 26.4 Å². The lowest BCUT2D eigenvalue weighted by Crippen LogP contribution is -2.34. The van der Waals surface area contributed by atoms with Crippen LogP contribution in [0.5, 0.6) is 17.2 Å². The summed E-state index contributed by atoms with van der Waals surface area (Å²) in [6, 6.07) is 11.2. The van der Waals surface area contributed by atoms with Crippen molar-refractivity contribution in [1.29, 1.82) is 0 Å². The molecule has 0 aliphatic rings. The molecule has 0 radical (unpaired) electrons. The molecule has 0 atom stereocenters. The lowest BCUT2D eigenvalue weighted by Gasteiger charge is -2.17. The van der Waals surface area contributed by atoms with Gasteiger partial charge in [0.1, 0.15) is 0 Å². The van der Waals surface area contributed by atoms with Gasteiger partial charge in [-0.1, -0.05) is 12.1 Å². The van der Waals surface area contributed by atoms with E-state index in [9.17, 15) is 4.79 Å². The van der Waals surface area contributed by atoms with Gasteiger partial charge in [-0.2, -0.15) is 5.10 Å². The Kier molecular flexibility index (Phi) is 9.08. The number of ether oxygens (including phenoxy) is 3. The SMILES string of the molecule is CCOc1cc(C(=O)NC(=S)Nc2ccc(Cc3c(C)n[nH]c3C)cc2)cc(OCC)c1OCC. The maximum Gasteiger partial charge on any atom is 0.257 e. The third-order valence-corrected chi connectivity index (χ3v) is 5.48. The third-order valence-electron chi connectivity index (χ3n) is 5.27. The first kappa shape index (κ1) is 26.0. The number of hydrogen-bond donors (Lipinski definition) is 3. The highest BCUT2D eigenvalue weighted by Crippen LogP contribution is 2.39. The Balaban J connectivity index is 1.68. The summed E-state index contributed by atoms with van der Waals surface area (Å²) in [4.78, 5) is 12.9. The van der Waals surface area contributed by atoms with Crippen molar-refractivity contribution < 1.29 is 19.0 Å². The molecule has 9 heteroatoms. The predicted octanol–water partition coefficient (Wildman–Crippen LogP) is 4.94. The van der Waals surface area contributed by atoms with Crippen LogP contribution in [0, 0.1) is 13.8 Å². The summed E-state index contributed by atoms with van der Waals surface area (Å²) in [5.41, 5.74) is 5.55. The number of thiocarbonyl (C=S) groups is 1. The van der Waals surface area contributed by atoms with Gasteiger partial charge in [0.15, 0.2) is 16.6 Å². The summed E-state index contributed by atoms with van der Waals surface area (Å²) in [5, 5.41) is 13.2. The van der Waals surface area contributed by atoms with Crippen molar-refractivity contribution in [1.82, 2.24) is 15.5 Å². The van der Waals surface area contributed by atoms with Gasteiger partial charge in [-0.15, -0.1) is 0 Å². The standard InChI is InChI=1S/C26H32N4O4S/c1-6-32-22-14-19(15-23(33-7-2)24(22)34-8-3)25(31)28-26(35)27-20-11-9-18(10-12-20)13-21-16(4)29-30-17(21)5/h9-12,14-15H,6-8,13H2,1-5H3,(H,29,30)(H2,27,28,31,35). The van der Waals surface area contributed by atoms with Crippen LogP contribution in [0.3, 0.4) is 0 Å². The van der Waals surface area contributed by atoms with Crippen molar-refractivity contribution in [2.75, 3.05) is 25.1 Å². The Hall–Kier alpha value is -3.59. The molecule has 3 rings (SSSR count). The Morgan fingerprint density at radius 2 is 1.57 bits per heavy atom. The number of H-pyrrole nitrogens is 1. The zero-order valence-electron chi connectivity index (χ0n) is 20.8. The maximum atomic E-state index is 12.9. The average molecular weight is 497 g/mol. The molecule has 35 heavy (non-hydrogen) atoms. The fourth-order valence-corrected chi connectivity index (χ4v) is 3.81. The van der Waals surface area contributed by atoms with E-state index in [2.05, 4.69) is 20.8 Å². The summed E-state index contributed by atoms with van der Waals surface area (Å²) in [6.07, 6.45) is 0.789. The highest BCUT2D eigenvalue weighted by Gasteiger charge is 2.19. The minimum absolute atomic E-state index is 0.189. The number of carbonyl (C=O) groups excluding carboxylic acids is 1. The zero-order valence-corrected chi connectivity index (χ0v) is 21.6. The lowest BCUT2D eigenvalue weighted by molar-refractivity contribution is 0.0976. The molecule has 1 amide bonds. The Bertz CT molecular complexity index is 1130. The molecule has 2 aromatic carbocycles. The normalized spacial score (nSPS) is 10.5. The first-order valence-corrected chi connectivity index (χ1v) is 12.0. The first-order chi connectivity index (χ1) is 16.9. The Morgan fingerprint density at radius 1 is 0.971 bits per heavy atom. The molecular weight excluding hydrogens is 464 g/mol. The van der Waals surface area contributed by atoms with Gasteiger partial charge in [0.05, 0.1) is 25.5 Å². The molecule has 0 saturated heterocycles. The number of rotatable bonds is 10. The van der Waals surface area contributed by atoms with E-state index in [0.29, 0.717) is 42.6 Å². The highest BCUT2D eigenvalue weighted by atomic mass is 32.1. The predicted molar refractivity (Wildman–Crippen MR) is 141 cm³/mol. The molecule has 3 N–H and O–H groups in total. The number of benzene rings is 2. The summed E-state index contributed by atoms with van der Waals surface area (Å²) < 4.78 is 17.1. The van der Waals surface area contributed by atoms with Gasteiger partial charge in [0.2, 0.25) is 5.75 Å². The topological polar surface area (TPSA) is 97.5 Å². The number of nitrogens with zero attached hydrogens (tertiary/aromatic N) is 1. The van der Waals surface area contributed by atoms with Crippen LogP contribution in [0.25, 0.3) is 0 Å². The summed E-state index contributed by atoms with van der Waals surface area (Å²) in [6.45, 7) is 10.9. The molecule has 1 aromatic heterocycles. The summed E-state index contributed by atoms with van der Waals surface area (Å²) in [5.74, 6) is 0.996. The molecule has 8 nitrogen and oxygen atoms in total. The monoisotopic (exact) mass is 496 g/mol. The van der Waals surface area contributed by atoms with Crippen LogP contribution in [-0.2, 0) is 6.42 Å². The van der Waals surface area contributed by atoms with Gasteiger partial charge in [0, 0.05) is 28.9 Å². The minimum atomic E-state index is -0.380. The van der Waals surface area contributed by atoms with Gasteiger partial charge >= 0.3 is 0 Å². The number of hydrogen-bond acceptors (Lipinski definition) is 6. The summed E-state index contributed by atoms with van der Waals surface area (Å²) >= 11 is 5.37. The van der Waals surface area contributed by atoms with Crippen molar-refractivity contribution >= 4 is 28.9 Å². The molecular formula is C26H32N4O4S. The molecule has 186 valence electrons. The molecule has 0 unspecified atom stereocenters. The lowest BCUT2D eigenvalue weighted by atomic mass is 10.0. The van der Waals surface area contributed by atoms with Gasteiger partial charge in [-0.25, -0.2) is 0 Å². The number of carbonyl (C=O) groups is 1. The van der Waals surface area contributed by atoms with Crippen molar-refractivity contribution in [3.63, 3.8) is 0 Å². The molecule has 0 aliphatic carbocycles. The Morgan fingerprint density at radius 3 is 2.09 bits per heavy atom. The van der Waals surface area contributed by atoms with E-state index in [-0.39, 0.29) is 11.0 Å². The van der Waals surface area contributed by atoms with Crippen molar-refractivity contribution in [3.8, 4) is 17.2 Å². The van der Waals surface area contributed by atoms with Crippen LogP contribution in [0.15, 0.2) is 36.4 Å². The number of aromatic nitrogens is 2. The first-order valence-electron chi connectivity index (χ1n) is 11.6. The molecule has 0 spiro atoms. The van der Waals surface area contributed by atoms with Crippen LogP contribution < -0.4 is 24.8 Å². The summed E-state index contributed by atoms with van der Waals surface area (Å²) in [7, 11) is 0. The van der Waals surface area contributed by atoms with Crippen LogP contribution in [0.2, 0.25) is 0 Å². The smallest absolute Gasteiger partial charge is 0.257 e. The third kappa shape index (κ3) is 6.73. The van der Waals surface area contributed by atoms with E-state index in [0.717, 1.165) is 29.1 Å². The fourth-order valence-electron chi connectivity index (χ4n) is 3.60. The van der Waals surface area contributed by atoms with Gasteiger partial charge in [-0.3, -0.25) is 15.2 Å². The second-order valence-electron chi connectivity index (χ2n) is 7.80. The minimum Gasteiger partial charge on any atom is -0.490 e. The number of aryl methyl sites for hydroxylation is 2. The zero-order chi connectivity index (χ0) is 25.4. The molecule has 0 fully saturated rings. The van der Waals surface area contributed by atoms with E-state index in [1.54, 1.807) is 12.1 Å². The Labute approximate surface area is 211 Å². The van der Waals surface area contributed by atoms with Crippen molar-refractivity contribution in [2.24, 2.45) is 0 Å². The largest absolute Gasteiger partial charge is 0.490 e. The number of anilines is 1. The fraction of sp³-hybridized carbons (Fsp3) is 0.346. The van der Waals surface area contributed by atoms with E-state index < -0.39 is 0 Å². The molecule has 0 saturated carbocycles. The second-order valence-corrected chi connectivity index (χ2v) is 8.20. The number of nitrogens with one attached hydrogen (secondary N) is 3. The molecule has 1 heterocycles. The van der Waals surface area contributed by atoms with Gasteiger partial charge < -0.3 is 19.5 Å². The van der Waals surface area contributed by atoms with E-state index >= 15 is 0 Å². The molecule has 0 bridgehead atoms. The second kappa shape index (κ2) is 12.2. The molecule has 3 aromatic rings. The van der Waals surface area contributed by atoms with Gasteiger partial charge in [0.25, 0.3) is 5.91 Å². The van der Waals surface area contributed by atoms with Gasteiger partial charge in [-0.05, 0) is 76.7 Å². The van der Waals surface area contributed by atoms with E-state index in [1.165, 1.54) is 5.56 Å². The van der Waals surface area contributed by atoms with E-state index in [1.807, 2.05) is 58.9 Å². The van der Waals surface area contributed by atoms with Crippen LogP contribution in [0.1, 0.15) is 53.6 Å². The van der Waals surface area contributed by atoms with Crippen LogP contribution in [0.4, 0.5) is 5.69 Å². The average Bonchev–Trinajstić information content (AvgIpc) is 3.14. The highest BCUT2D eigenvalue weighted by molar-refractivity contribution is 7.80. The maximum absolute atomic E-state index is 12.9. The van der Waals surface area contributed by atoms with Crippen LogP contribution in [-0.4, -0.2) is 41.0 Å². The van der Waals surface area contributed by atoms with Crippen molar-refractivity contribution in [3.05, 3.63) is 64.5 Å². The number of amides is 1. The number of aromatic amines is 1. The van der Waals surface area contributed by atoms with Crippen molar-refractivity contribution in [2.45, 2.75) is 41.0 Å². The molecule has 0 aliphatic heterocycles. The quantitative estimate of drug-likeness (QED) is 0.342. The van der Waals surface area contributed by atoms with Crippen LogP contribution >= 0.6 is 12.2 Å².